The average molecular weight is 352 g/mol. The van der Waals surface area contributed by atoms with Gasteiger partial charge in [-0.05, 0) is 42.8 Å². The van der Waals surface area contributed by atoms with E-state index in [0.717, 1.165) is 11.6 Å². The number of nitrogens with one attached hydrogen (secondary N) is 1. The number of ether oxygens (including phenoxy) is 2. The van der Waals surface area contributed by atoms with Gasteiger partial charge in [-0.25, -0.2) is 9.18 Å². The van der Waals surface area contributed by atoms with E-state index < -0.39 is 24.3 Å². The molecule has 7 heteroatoms. The van der Waals surface area contributed by atoms with Crippen LogP contribution in [0.15, 0.2) is 42.5 Å². The summed E-state index contributed by atoms with van der Waals surface area (Å²) in [7, 11) is 0. The first-order chi connectivity index (χ1) is 11.4. The van der Waals surface area contributed by atoms with Gasteiger partial charge in [0.05, 0.1) is 5.02 Å². The van der Waals surface area contributed by atoms with Gasteiger partial charge < -0.3 is 14.8 Å². The molecule has 0 unspecified atom stereocenters. The molecule has 0 radical (unpaired) electrons. The Morgan fingerprint density at radius 2 is 1.96 bits per heavy atom. The summed E-state index contributed by atoms with van der Waals surface area (Å²) in [4.78, 5) is 23.2. The maximum Gasteiger partial charge on any atom is 0.344 e. The van der Waals surface area contributed by atoms with Crippen LogP contribution in [0.4, 0.5) is 10.1 Å². The molecule has 0 aromatic heterocycles. The molecule has 24 heavy (non-hydrogen) atoms. The SMILES string of the molecule is Cc1cccc(OCC(=O)OCC(=O)Nc2ccc(F)c(Cl)c2)c1. The molecular formula is C17H15ClFNO4. The van der Waals surface area contributed by atoms with E-state index in [1.807, 2.05) is 13.0 Å². The summed E-state index contributed by atoms with van der Waals surface area (Å²) in [6.07, 6.45) is 0. The predicted molar refractivity (Wildman–Crippen MR) is 87.7 cm³/mol. The van der Waals surface area contributed by atoms with Crippen LogP contribution in [0.25, 0.3) is 0 Å². The van der Waals surface area contributed by atoms with Gasteiger partial charge in [-0.15, -0.1) is 0 Å². The highest BCUT2D eigenvalue weighted by Gasteiger charge is 2.10. The van der Waals surface area contributed by atoms with Gasteiger partial charge >= 0.3 is 5.97 Å². The maximum atomic E-state index is 13.0. The largest absolute Gasteiger partial charge is 0.482 e. The Morgan fingerprint density at radius 1 is 1.17 bits per heavy atom. The Kier molecular flexibility index (Phi) is 6.14. The second kappa shape index (κ2) is 8.31. The number of rotatable bonds is 6. The number of carbonyl (C=O) groups is 2. The van der Waals surface area contributed by atoms with Crippen molar-refractivity contribution >= 4 is 29.2 Å². The zero-order chi connectivity index (χ0) is 17.5. The van der Waals surface area contributed by atoms with Crippen LogP contribution in [0.3, 0.4) is 0 Å². The minimum atomic E-state index is -0.677. The number of anilines is 1. The average Bonchev–Trinajstić information content (AvgIpc) is 2.54. The number of amides is 1. The summed E-state index contributed by atoms with van der Waals surface area (Å²) in [5.41, 5.74) is 1.30. The highest BCUT2D eigenvalue weighted by atomic mass is 35.5. The summed E-state index contributed by atoms with van der Waals surface area (Å²) < 4.78 is 23.1. The van der Waals surface area contributed by atoms with Crippen LogP contribution in [0.1, 0.15) is 5.56 Å². The van der Waals surface area contributed by atoms with Gasteiger partial charge in [0.15, 0.2) is 13.2 Å². The minimum Gasteiger partial charge on any atom is -0.482 e. The summed E-state index contributed by atoms with van der Waals surface area (Å²) in [6.45, 7) is 1.11. The lowest BCUT2D eigenvalue weighted by molar-refractivity contribution is -0.149. The molecule has 1 N–H and O–H groups in total. The minimum absolute atomic E-state index is 0.114. The lowest BCUT2D eigenvalue weighted by atomic mass is 10.2. The van der Waals surface area contributed by atoms with Gasteiger partial charge in [0, 0.05) is 5.69 Å². The summed E-state index contributed by atoms with van der Waals surface area (Å²) in [5.74, 6) is -1.29. The Morgan fingerprint density at radius 3 is 2.67 bits per heavy atom. The fourth-order valence-corrected chi connectivity index (χ4v) is 1.99. The van der Waals surface area contributed by atoms with E-state index in [1.54, 1.807) is 18.2 Å². The van der Waals surface area contributed by atoms with E-state index in [0.29, 0.717) is 11.4 Å². The lowest BCUT2D eigenvalue weighted by Crippen LogP contribution is -2.23. The third kappa shape index (κ3) is 5.55. The number of carbonyl (C=O) groups excluding carboxylic acids is 2. The molecular weight excluding hydrogens is 337 g/mol. The standard InChI is InChI=1S/C17H15ClFNO4/c1-11-3-2-4-13(7-11)23-10-17(22)24-9-16(21)20-12-5-6-15(19)14(18)8-12/h2-8H,9-10H2,1H3,(H,20,21). The van der Waals surface area contributed by atoms with Crippen LogP contribution in [0.5, 0.6) is 5.75 Å². The molecule has 126 valence electrons. The summed E-state index contributed by atoms with van der Waals surface area (Å²) in [6, 6.07) is 10.9. The molecule has 0 heterocycles. The normalized spacial score (nSPS) is 10.1. The molecule has 0 saturated carbocycles. The molecule has 0 saturated heterocycles. The molecule has 0 atom stereocenters. The highest BCUT2D eigenvalue weighted by Crippen LogP contribution is 2.19. The molecule has 0 spiro atoms. The van der Waals surface area contributed by atoms with Crippen molar-refractivity contribution in [2.75, 3.05) is 18.5 Å². The molecule has 0 aliphatic carbocycles. The van der Waals surface area contributed by atoms with Gasteiger partial charge in [-0.3, -0.25) is 4.79 Å². The molecule has 0 aliphatic rings. The van der Waals surface area contributed by atoms with Crippen LogP contribution in [-0.2, 0) is 14.3 Å². The van der Waals surface area contributed by atoms with Gasteiger partial charge in [0.25, 0.3) is 5.91 Å². The Balaban J connectivity index is 1.74. The Labute approximate surface area is 143 Å². The first-order valence-corrected chi connectivity index (χ1v) is 7.42. The van der Waals surface area contributed by atoms with Gasteiger partial charge in [-0.1, -0.05) is 23.7 Å². The number of esters is 1. The third-order valence-corrected chi connectivity index (χ3v) is 3.20. The van der Waals surface area contributed by atoms with Crippen LogP contribution < -0.4 is 10.1 Å². The van der Waals surface area contributed by atoms with Gasteiger partial charge in [0.2, 0.25) is 0 Å². The second-order valence-corrected chi connectivity index (χ2v) is 5.35. The van der Waals surface area contributed by atoms with Crippen molar-refractivity contribution in [2.24, 2.45) is 0 Å². The van der Waals surface area contributed by atoms with Gasteiger partial charge in [-0.2, -0.15) is 0 Å². The maximum absolute atomic E-state index is 13.0. The lowest BCUT2D eigenvalue weighted by Gasteiger charge is -2.08. The van der Waals surface area contributed by atoms with E-state index in [1.165, 1.54) is 12.1 Å². The van der Waals surface area contributed by atoms with Crippen molar-refractivity contribution in [1.82, 2.24) is 0 Å². The first kappa shape index (κ1) is 17.7. The molecule has 5 nitrogen and oxygen atoms in total. The number of hydrogen-bond donors (Lipinski definition) is 1. The molecule has 1 amide bonds. The van der Waals surface area contributed by atoms with Crippen molar-refractivity contribution < 1.29 is 23.5 Å². The molecule has 2 aromatic rings. The number of benzene rings is 2. The highest BCUT2D eigenvalue weighted by molar-refractivity contribution is 6.31. The van der Waals surface area contributed by atoms with E-state index in [-0.39, 0.29) is 11.6 Å². The van der Waals surface area contributed by atoms with Crippen molar-refractivity contribution in [3.05, 3.63) is 58.9 Å². The smallest absolute Gasteiger partial charge is 0.344 e. The van der Waals surface area contributed by atoms with Crippen LogP contribution in [0, 0.1) is 12.7 Å². The van der Waals surface area contributed by atoms with Crippen LogP contribution in [0.2, 0.25) is 5.02 Å². The zero-order valence-electron chi connectivity index (χ0n) is 12.8. The fourth-order valence-electron chi connectivity index (χ4n) is 1.81. The Hall–Kier alpha value is -2.60. The molecule has 0 fully saturated rings. The Bertz CT molecular complexity index is 751. The third-order valence-electron chi connectivity index (χ3n) is 2.91. The molecule has 0 bridgehead atoms. The number of halogens is 2. The van der Waals surface area contributed by atoms with Crippen molar-refractivity contribution in [2.45, 2.75) is 6.92 Å². The van der Waals surface area contributed by atoms with Crippen LogP contribution in [-0.4, -0.2) is 25.1 Å². The number of aryl methyl sites for hydroxylation is 1. The number of hydrogen-bond acceptors (Lipinski definition) is 4. The summed E-state index contributed by atoms with van der Waals surface area (Å²) in [5, 5.41) is 2.32. The van der Waals surface area contributed by atoms with Crippen molar-refractivity contribution in [3.8, 4) is 5.75 Å². The second-order valence-electron chi connectivity index (χ2n) is 4.94. The zero-order valence-corrected chi connectivity index (χ0v) is 13.6. The molecule has 0 aliphatic heterocycles. The first-order valence-electron chi connectivity index (χ1n) is 7.04. The van der Waals surface area contributed by atoms with Crippen molar-refractivity contribution in [3.63, 3.8) is 0 Å². The van der Waals surface area contributed by atoms with E-state index in [4.69, 9.17) is 21.1 Å². The monoisotopic (exact) mass is 351 g/mol. The summed E-state index contributed by atoms with van der Waals surface area (Å²) >= 11 is 5.61. The molecule has 2 rings (SSSR count). The van der Waals surface area contributed by atoms with E-state index >= 15 is 0 Å². The predicted octanol–water partition coefficient (Wildman–Crippen LogP) is 3.35. The van der Waals surface area contributed by atoms with E-state index in [2.05, 4.69) is 5.32 Å². The molecule has 2 aromatic carbocycles. The van der Waals surface area contributed by atoms with Gasteiger partial charge in [0.1, 0.15) is 11.6 Å². The quantitative estimate of drug-likeness (QED) is 0.811. The van der Waals surface area contributed by atoms with Crippen molar-refractivity contribution in [1.29, 1.82) is 0 Å². The van der Waals surface area contributed by atoms with Crippen LogP contribution >= 0.6 is 11.6 Å². The van der Waals surface area contributed by atoms with E-state index in [9.17, 15) is 14.0 Å². The fraction of sp³-hybridized carbons (Fsp3) is 0.176. The topological polar surface area (TPSA) is 64.6 Å².